The average Bonchev–Trinajstić information content (AvgIpc) is 2.59. The van der Waals surface area contributed by atoms with Gasteiger partial charge in [-0.05, 0) is 12.1 Å². The molecular formula is C15H16F3N3O4S. The zero-order valence-electron chi connectivity index (χ0n) is 13.4. The molecule has 2 atom stereocenters. The first-order valence-electron chi connectivity index (χ1n) is 7.74. The number of hydrogen-bond donors (Lipinski definition) is 3. The molecule has 1 saturated heterocycles. The van der Waals surface area contributed by atoms with Gasteiger partial charge in [0, 0.05) is 11.8 Å². The molecule has 2 unspecified atom stereocenters. The van der Waals surface area contributed by atoms with Crippen molar-refractivity contribution in [3.05, 3.63) is 18.2 Å². The second kappa shape index (κ2) is 7.62. The SMILES string of the molecule is O=C(CSC1NC(=O)CC(C(F)(F)F)N1)Nc1ccc2c(c1)OCCO2. The summed E-state index contributed by atoms with van der Waals surface area (Å²) in [5.74, 6) is -0.184. The van der Waals surface area contributed by atoms with Gasteiger partial charge in [-0.3, -0.25) is 14.9 Å². The second-order valence-corrected chi connectivity index (χ2v) is 6.72. The fraction of sp³-hybridized carbons (Fsp3) is 0.467. The molecule has 0 aromatic heterocycles. The van der Waals surface area contributed by atoms with Gasteiger partial charge in [0.25, 0.3) is 0 Å². The van der Waals surface area contributed by atoms with Crippen molar-refractivity contribution >= 4 is 29.3 Å². The Bertz CT molecular complexity index is 701. The molecule has 3 rings (SSSR count). The summed E-state index contributed by atoms with van der Waals surface area (Å²) in [7, 11) is 0. The van der Waals surface area contributed by atoms with Gasteiger partial charge in [0.05, 0.1) is 12.2 Å². The molecule has 1 fully saturated rings. The van der Waals surface area contributed by atoms with Crippen LogP contribution >= 0.6 is 11.8 Å². The summed E-state index contributed by atoms with van der Waals surface area (Å²) in [6.07, 6.45) is -5.20. The predicted octanol–water partition coefficient (Wildman–Crippen LogP) is 1.45. The largest absolute Gasteiger partial charge is 0.486 e. The summed E-state index contributed by atoms with van der Waals surface area (Å²) in [6, 6.07) is 2.98. The van der Waals surface area contributed by atoms with E-state index in [1.165, 1.54) is 0 Å². The molecule has 0 saturated carbocycles. The van der Waals surface area contributed by atoms with Gasteiger partial charge in [0.2, 0.25) is 11.8 Å². The summed E-state index contributed by atoms with van der Waals surface area (Å²) in [5.41, 5.74) is -0.512. The van der Waals surface area contributed by atoms with E-state index in [0.717, 1.165) is 11.8 Å². The smallest absolute Gasteiger partial charge is 0.404 e. The molecule has 7 nitrogen and oxygen atoms in total. The topological polar surface area (TPSA) is 88.7 Å². The van der Waals surface area contributed by atoms with Crippen LogP contribution in [0.15, 0.2) is 18.2 Å². The maximum absolute atomic E-state index is 12.8. The van der Waals surface area contributed by atoms with E-state index in [4.69, 9.17) is 9.47 Å². The number of thioether (sulfide) groups is 1. The van der Waals surface area contributed by atoms with Crippen molar-refractivity contribution in [2.45, 2.75) is 24.1 Å². The van der Waals surface area contributed by atoms with E-state index >= 15 is 0 Å². The Hall–Kier alpha value is -2.14. The van der Waals surface area contributed by atoms with Gasteiger partial charge in [-0.15, -0.1) is 11.8 Å². The maximum atomic E-state index is 12.8. The van der Waals surface area contributed by atoms with E-state index in [1.54, 1.807) is 18.2 Å². The van der Waals surface area contributed by atoms with Crippen LogP contribution < -0.4 is 25.4 Å². The Morgan fingerprint density at radius 3 is 2.73 bits per heavy atom. The van der Waals surface area contributed by atoms with Crippen LogP contribution in [0.1, 0.15) is 6.42 Å². The Labute approximate surface area is 151 Å². The maximum Gasteiger partial charge on any atom is 0.404 e. The van der Waals surface area contributed by atoms with Gasteiger partial charge in [0.15, 0.2) is 11.5 Å². The number of anilines is 1. The molecule has 2 amide bonds. The van der Waals surface area contributed by atoms with Gasteiger partial charge < -0.3 is 20.1 Å². The van der Waals surface area contributed by atoms with E-state index in [1.807, 2.05) is 0 Å². The highest BCUT2D eigenvalue weighted by molar-refractivity contribution is 8.00. The molecule has 3 N–H and O–H groups in total. The Morgan fingerprint density at radius 1 is 1.27 bits per heavy atom. The van der Waals surface area contributed by atoms with Crippen molar-refractivity contribution in [2.75, 3.05) is 24.3 Å². The standard InChI is InChI=1S/C15H16F3N3O4S/c16-15(17,18)11-6-12(22)21-14(20-11)26-7-13(23)19-8-1-2-9-10(5-8)25-4-3-24-9/h1-2,5,11,14,20H,3-4,6-7H2,(H,19,23)(H,21,22). The zero-order chi connectivity index (χ0) is 18.7. The number of halogens is 3. The van der Waals surface area contributed by atoms with Crippen molar-refractivity contribution in [1.29, 1.82) is 0 Å². The van der Waals surface area contributed by atoms with Gasteiger partial charge in [0.1, 0.15) is 24.8 Å². The monoisotopic (exact) mass is 391 g/mol. The van der Waals surface area contributed by atoms with E-state index < -0.39 is 36.0 Å². The quantitative estimate of drug-likeness (QED) is 0.720. The van der Waals surface area contributed by atoms with Crippen molar-refractivity contribution in [2.24, 2.45) is 0 Å². The lowest BCUT2D eigenvalue weighted by molar-refractivity contribution is -0.167. The van der Waals surface area contributed by atoms with Crippen molar-refractivity contribution in [3.63, 3.8) is 0 Å². The molecule has 0 bridgehead atoms. The van der Waals surface area contributed by atoms with Crippen molar-refractivity contribution in [1.82, 2.24) is 10.6 Å². The number of nitrogens with one attached hydrogen (secondary N) is 3. The highest BCUT2D eigenvalue weighted by atomic mass is 32.2. The number of ether oxygens (including phenoxy) is 2. The first-order valence-corrected chi connectivity index (χ1v) is 8.79. The fourth-order valence-electron chi connectivity index (χ4n) is 2.45. The summed E-state index contributed by atoms with van der Waals surface area (Å²) in [5, 5.41) is 7.27. The summed E-state index contributed by atoms with van der Waals surface area (Å²) in [6.45, 7) is 0.863. The number of carbonyl (C=O) groups is 2. The third kappa shape index (κ3) is 4.73. The lowest BCUT2D eigenvalue weighted by atomic mass is 10.1. The number of hydrogen-bond acceptors (Lipinski definition) is 6. The highest BCUT2D eigenvalue weighted by Gasteiger charge is 2.44. The van der Waals surface area contributed by atoms with Crippen molar-refractivity contribution < 1.29 is 32.2 Å². The summed E-state index contributed by atoms with van der Waals surface area (Å²) >= 11 is 0.866. The van der Waals surface area contributed by atoms with E-state index in [0.29, 0.717) is 30.4 Å². The number of rotatable bonds is 4. The molecule has 2 aliphatic heterocycles. The highest BCUT2D eigenvalue weighted by Crippen LogP contribution is 2.32. The fourth-order valence-corrected chi connectivity index (χ4v) is 3.32. The molecule has 0 aliphatic carbocycles. The third-order valence-corrected chi connectivity index (χ3v) is 4.65. The van der Waals surface area contributed by atoms with E-state index in [2.05, 4.69) is 16.0 Å². The molecular weight excluding hydrogens is 375 g/mol. The lowest BCUT2D eigenvalue weighted by Gasteiger charge is -2.32. The summed E-state index contributed by atoms with van der Waals surface area (Å²) < 4.78 is 49.1. The molecule has 1 aromatic rings. The van der Waals surface area contributed by atoms with Gasteiger partial charge in [-0.2, -0.15) is 13.2 Å². The number of benzene rings is 1. The number of carbonyl (C=O) groups excluding carboxylic acids is 2. The molecule has 2 aliphatic rings. The van der Waals surface area contributed by atoms with Crippen molar-refractivity contribution in [3.8, 4) is 11.5 Å². The Morgan fingerprint density at radius 2 is 2.00 bits per heavy atom. The Kier molecular flexibility index (Phi) is 5.47. The minimum Gasteiger partial charge on any atom is -0.486 e. The number of alkyl halides is 3. The second-order valence-electron chi connectivity index (χ2n) is 5.63. The molecule has 1 aromatic carbocycles. The number of amides is 2. The molecule has 26 heavy (non-hydrogen) atoms. The first kappa shape index (κ1) is 18.6. The van der Waals surface area contributed by atoms with Crippen LogP contribution in [-0.4, -0.2) is 48.5 Å². The van der Waals surface area contributed by atoms with Crippen LogP contribution in [0.2, 0.25) is 0 Å². The minimum atomic E-state index is -4.52. The minimum absolute atomic E-state index is 0.142. The number of fused-ring (bicyclic) bond motifs is 1. The van der Waals surface area contributed by atoms with Crippen LogP contribution in [0.4, 0.5) is 18.9 Å². The van der Waals surface area contributed by atoms with E-state index in [9.17, 15) is 22.8 Å². The van der Waals surface area contributed by atoms with Crippen LogP contribution in [0.25, 0.3) is 0 Å². The molecule has 11 heteroatoms. The normalized spacial score (nSPS) is 22.5. The first-order chi connectivity index (χ1) is 12.3. The van der Waals surface area contributed by atoms with E-state index in [-0.39, 0.29) is 5.75 Å². The molecule has 2 heterocycles. The van der Waals surface area contributed by atoms with Crippen LogP contribution in [-0.2, 0) is 9.59 Å². The van der Waals surface area contributed by atoms with Gasteiger partial charge in [-0.1, -0.05) is 0 Å². The molecule has 0 radical (unpaired) electrons. The summed E-state index contributed by atoms with van der Waals surface area (Å²) in [4.78, 5) is 23.4. The van der Waals surface area contributed by atoms with Crippen LogP contribution in [0.5, 0.6) is 11.5 Å². The van der Waals surface area contributed by atoms with Crippen LogP contribution in [0, 0.1) is 0 Å². The third-order valence-electron chi connectivity index (χ3n) is 3.64. The zero-order valence-corrected chi connectivity index (χ0v) is 14.2. The van der Waals surface area contributed by atoms with Crippen LogP contribution in [0.3, 0.4) is 0 Å². The molecule has 142 valence electrons. The molecule has 0 spiro atoms. The predicted molar refractivity (Wildman–Crippen MR) is 88.0 cm³/mol. The van der Waals surface area contributed by atoms with Gasteiger partial charge >= 0.3 is 6.18 Å². The van der Waals surface area contributed by atoms with Gasteiger partial charge in [-0.25, -0.2) is 0 Å². The average molecular weight is 391 g/mol. The lowest BCUT2D eigenvalue weighted by Crippen LogP contribution is -2.59. The Balaban J connectivity index is 1.51.